The Kier molecular flexibility index (Phi) is 56.4. The van der Waals surface area contributed by atoms with Crippen molar-refractivity contribution in [2.75, 3.05) is 40.9 Å². The highest BCUT2D eigenvalue weighted by molar-refractivity contribution is 7.45. The number of hydrogen-bond acceptors (Lipinski definition) is 6. The highest BCUT2D eigenvalue weighted by Crippen LogP contribution is 2.38. The molecule has 0 aliphatic rings. The molecule has 0 spiro atoms. The van der Waals surface area contributed by atoms with E-state index in [0.717, 1.165) is 38.5 Å². The Balaban J connectivity index is 4.04. The van der Waals surface area contributed by atoms with Crippen molar-refractivity contribution in [3.8, 4) is 0 Å². The van der Waals surface area contributed by atoms with Crippen LogP contribution in [-0.4, -0.2) is 68.5 Å². The van der Waals surface area contributed by atoms with Gasteiger partial charge in [0.25, 0.3) is 7.82 Å². The molecular formula is C65H131N2O6P. The van der Waals surface area contributed by atoms with Crippen LogP contribution in [0, 0.1) is 0 Å². The molecule has 0 rings (SSSR count). The van der Waals surface area contributed by atoms with E-state index >= 15 is 0 Å². The van der Waals surface area contributed by atoms with Gasteiger partial charge in [0.15, 0.2) is 0 Å². The summed E-state index contributed by atoms with van der Waals surface area (Å²) in [5.74, 6) is -0.157. The van der Waals surface area contributed by atoms with Crippen LogP contribution in [0.5, 0.6) is 0 Å². The van der Waals surface area contributed by atoms with E-state index < -0.39 is 20.0 Å². The van der Waals surface area contributed by atoms with E-state index in [1.165, 1.54) is 283 Å². The molecule has 3 unspecified atom stereocenters. The molecule has 0 aromatic carbocycles. The highest BCUT2D eigenvalue weighted by atomic mass is 31.2. The number of amides is 1. The molecule has 0 fully saturated rings. The zero-order valence-corrected chi connectivity index (χ0v) is 51.5. The second kappa shape index (κ2) is 56.9. The number of hydrogen-bond donors (Lipinski definition) is 2. The fraction of sp³-hybridized carbons (Fsp3) is 0.954. The van der Waals surface area contributed by atoms with Crippen molar-refractivity contribution in [1.82, 2.24) is 5.32 Å². The molecule has 0 bridgehead atoms. The lowest BCUT2D eigenvalue weighted by Gasteiger charge is -2.30. The number of aliphatic hydroxyl groups excluding tert-OH is 1. The normalized spacial score (nSPS) is 13.8. The summed E-state index contributed by atoms with van der Waals surface area (Å²) in [7, 11) is 1.32. The van der Waals surface area contributed by atoms with Crippen LogP contribution in [0.3, 0.4) is 0 Å². The summed E-state index contributed by atoms with van der Waals surface area (Å²) < 4.78 is 23.5. The minimum absolute atomic E-state index is 0.0152. The Morgan fingerprint density at radius 2 is 0.743 bits per heavy atom. The van der Waals surface area contributed by atoms with Crippen LogP contribution in [0.25, 0.3) is 0 Å². The van der Waals surface area contributed by atoms with E-state index in [-0.39, 0.29) is 19.1 Å². The zero-order chi connectivity index (χ0) is 54.2. The standard InChI is InChI=1S/C65H131N2O6P/c1-6-8-10-12-14-16-18-20-22-24-26-28-30-31-32-33-34-35-37-39-41-43-45-47-49-51-53-55-57-59-65(69)66-63(62-73-74(70,71)72-61-60-67(3,4)5)64(68)58-56-54-52-50-48-46-44-42-40-38-36-29-27-25-23-21-19-17-15-13-11-9-7-2/h31-32,63-64,68H,6-30,33-62H2,1-5H3,(H-,66,69,70,71)/b32-31-. The topological polar surface area (TPSA) is 108 Å². The van der Waals surface area contributed by atoms with Crippen LogP contribution >= 0.6 is 7.82 Å². The van der Waals surface area contributed by atoms with E-state index in [2.05, 4.69) is 31.3 Å². The summed E-state index contributed by atoms with van der Waals surface area (Å²) >= 11 is 0. The lowest BCUT2D eigenvalue weighted by atomic mass is 10.0. The van der Waals surface area contributed by atoms with Crippen LogP contribution in [0.4, 0.5) is 0 Å². The maximum atomic E-state index is 13.0. The van der Waals surface area contributed by atoms with Gasteiger partial charge in [0, 0.05) is 6.42 Å². The van der Waals surface area contributed by atoms with Crippen molar-refractivity contribution in [3.63, 3.8) is 0 Å². The maximum Gasteiger partial charge on any atom is 0.268 e. The summed E-state index contributed by atoms with van der Waals surface area (Å²) in [5, 5.41) is 14.1. The van der Waals surface area contributed by atoms with Crippen LogP contribution < -0.4 is 10.2 Å². The molecule has 9 heteroatoms. The van der Waals surface area contributed by atoms with Gasteiger partial charge in [-0.25, -0.2) is 0 Å². The Morgan fingerprint density at radius 3 is 1.05 bits per heavy atom. The van der Waals surface area contributed by atoms with E-state index in [4.69, 9.17) is 9.05 Å². The first-order chi connectivity index (χ1) is 36.0. The van der Waals surface area contributed by atoms with Crippen molar-refractivity contribution in [3.05, 3.63) is 12.2 Å². The first-order valence-corrected chi connectivity index (χ1v) is 34.5. The minimum atomic E-state index is -4.57. The lowest BCUT2D eigenvalue weighted by molar-refractivity contribution is -0.870. The lowest BCUT2D eigenvalue weighted by Crippen LogP contribution is -2.46. The third kappa shape index (κ3) is 58.9. The van der Waals surface area contributed by atoms with Gasteiger partial charge in [-0.15, -0.1) is 0 Å². The first kappa shape index (κ1) is 73.2. The number of quaternary nitrogens is 1. The number of carbonyl (C=O) groups is 1. The summed E-state index contributed by atoms with van der Waals surface area (Å²) in [6, 6.07) is -0.799. The van der Waals surface area contributed by atoms with Gasteiger partial charge in [-0.3, -0.25) is 9.36 Å². The highest BCUT2D eigenvalue weighted by Gasteiger charge is 2.24. The van der Waals surface area contributed by atoms with Crippen LogP contribution in [0.15, 0.2) is 12.2 Å². The van der Waals surface area contributed by atoms with Gasteiger partial charge in [0.1, 0.15) is 13.2 Å². The number of phosphoric ester groups is 1. The van der Waals surface area contributed by atoms with Gasteiger partial charge in [0.05, 0.1) is 39.9 Å². The van der Waals surface area contributed by atoms with Gasteiger partial charge in [0.2, 0.25) is 5.91 Å². The predicted molar refractivity (Wildman–Crippen MR) is 321 cm³/mol. The van der Waals surface area contributed by atoms with E-state index in [1.807, 2.05) is 21.1 Å². The molecule has 0 saturated carbocycles. The summed E-state index contributed by atoms with van der Waals surface area (Å²) in [6.07, 6.45) is 71.3. The number of nitrogens with zero attached hydrogens (tertiary/aromatic N) is 1. The molecule has 0 saturated heterocycles. The zero-order valence-electron chi connectivity index (χ0n) is 50.6. The SMILES string of the molecule is CCCCCCCCCCCCCC/C=C\CCCCCCCCCCCCCCCC(=O)NC(COP(=O)([O-])OCC[N+](C)(C)C)C(O)CCCCCCCCCCCCCCCCCCCCCCCCC. The molecule has 0 aromatic heterocycles. The first-order valence-electron chi connectivity index (χ1n) is 33.0. The van der Waals surface area contributed by atoms with Crippen molar-refractivity contribution >= 4 is 13.7 Å². The molecular weight excluding hydrogens is 936 g/mol. The monoisotopic (exact) mass is 1070 g/mol. The van der Waals surface area contributed by atoms with Gasteiger partial charge in [-0.05, 0) is 38.5 Å². The number of likely N-dealkylation sites (N-methyl/N-ethyl adjacent to an activating group) is 1. The van der Waals surface area contributed by atoms with Crippen molar-refractivity contribution in [2.24, 2.45) is 0 Å². The Morgan fingerprint density at radius 1 is 0.459 bits per heavy atom. The maximum absolute atomic E-state index is 13.0. The van der Waals surface area contributed by atoms with Crippen molar-refractivity contribution < 1.29 is 32.9 Å². The molecule has 442 valence electrons. The van der Waals surface area contributed by atoms with E-state index in [1.54, 1.807) is 0 Å². The summed E-state index contributed by atoms with van der Waals surface area (Å²) in [6.45, 7) is 4.79. The molecule has 8 nitrogen and oxygen atoms in total. The number of aliphatic hydroxyl groups is 1. The Bertz CT molecular complexity index is 1210. The summed E-state index contributed by atoms with van der Waals surface area (Å²) in [4.78, 5) is 25.6. The van der Waals surface area contributed by atoms with Crippen LogP contribution in [-0.2, 0) is 18.4 Å². The second-order valence-corrected chi connectivity index (χ2v) is 25.6. The average Bonchev–Trinajstić information content (AvgIpc) is 3.36. The minimum Gasteiger partial charge on any atom is -0.756 e. The average molecular weight is 1070 g/mol. The van der Waals surface area contributed by atoms with Crippen molar-refractivity contribution in [2.45, 2.75) is 360 Å². The van der Waals surface area contributed by atoms with Gasteiger partial charge in [-0.1, -0.05) is 315 Å². The third-order valence-electron chi connectivity index (χ3n) is 15.5. The number of carbonyl (C=O) groups excluding carboxylic acids is 1. The number of phosphoric acid groups is 1. The molecule has 0 aromatic rings. The van der Waals surface area contributed by atoms with Crippen LogP contribution in [0.1, 0.15) is 348 Å². The van der Waals surface area contributed by atoms with Crippen molar-refractivity contribution in [1.29, 1.82) is 0 Å². The fourth-order valence-corrected chi connectivity index (χ4v) is 11.1. The number of allylic oxidation sites excluding steroid dienone is 2. The van der Waals surface area contributed by atoms with E-state index in [0.29, 0.717) is 23.9 Å². The van der Waals surface area contributed by atoms with Gasteiger partial charge < -0.3 is 28.8 Å². The molecule has 74 heavy (non-hydrogen) atoms. The largest absolute Gasteiger partial charge is 0.756 e. The molecule has 0 radical (unpaired) electrons. The quantitative estimate of drug-likeness (QED) is 0.0272. The number of nitrogens with one attached hydrogen (secondary N) is 1. The molecule has 0 aliphatic carbocycles. The third-order valence-corrected chi connectivity index (χ3v) is 16.5. The molecule has 1 amide bonds. The van der Waals surface area contributed by atoms with Gasteiger partial charge in [-0.2, -0.15) is 0 Å². The number of rotatable bonds is 62. The number of unbranched alkanes of at least 4 members (excludes halogenated alkanes) is 47. The Labute approximate surface area is 462 Å². The van der Waals surface area contributed by atoms with E-state index in [9.17, 15) is 19.4 Å². The summed E-state index contributed by atoms with van der Waals surface area (Å²) in [5.41, 5.74) is 0. The Hall–Kier alpha value is -0.760. The molecule has 3 atom stereocenters. The molecule has 0 aliphatic heterocycles. The molecule has 2 N–H and O–H groups in total. The molecule has 0 heterocycles. The predicted octanol–water partition coefficient (Wildman–Crippen LogP) is 19.9. The smallest absolute Gasteiger partial charge is 0.268 e. The fourth-order valence-electron chi connectivity index (χ4n) is 10.3. The van der Waals surface area contributed by atoms with Crippen LogP contribution in [0.2, 0.25) is 0 Å². The second-order valence-electron chi connectivity index (χ2n) is 24.2. The van der Waals surface area contributed by atoms with Gasteiger partial charge >= 0.3 is 0 Å².